The number of aromatic nitrogens is 2. The van der Waals surface area contributed by atoms with Gasteiger partial charge in [0.05, 0.1) is 6.61 Å². The largest absolute Gasteiger partial charge is 0.471 e. The highest BCUT2D eigenvalue weighted by atomic mass is 32.3. The molecular formula is C22H29N3O6S. The zero-order valence-corrected chi connectivity index (χ0v) is 19.2. The van der Waals surface area contributed by atoms with E-state index >= 15 is 0 Å². The number of piperidine rings is 1. The molecule has 1 saturated heterocycles. The van der Waals surface area contributed by atoms with Crippen LogP contribution in [-0.4, -0.2) is 60.3 Å². The van der Waals surface area contributed by atoms with Gasteiger partial charge in [0.1, 0.15) is 10.6 Å². The average molecular weight is 464 g/mol. The van der Waals surface area contributed by atoms with Gasteiger partial charge in [0.25, 0.3) is 0 Å². The Morgan fingerprint density at radius 3 is 2.62 bits per heavy atom. The van der Waals surface area contributed by atoms with Gasteiger partial charge in [-0.05, 0) is 41.9 Å². The topological polar surface area (TPSA) is 125 Å². The van der Waals surface area contributed by atoms with Gasteiger partial charge in [-0.25, -0.2) is 14.8 Å². The third kappa shape index (κ3) is 4.62. The number of hydrogen-bond acceptors (Lipinski definition) is 7. The highest BCUT2D eigenvalue weighted by Gasteiger charge is 2.38. The summed E-state index contributed by atoms with van der Waals surface area (Å²) in [5, 5.41) is 9.51. The zero-order valence-electron chi connectivity index (χ0n) is 18.4. The fraction of sp³-hybridized carbons (Fsp3) is 0.500. The molecule has 2 aromatic rings. The van der Waals surface area contributed by atoms with Crippen LogP contribution in [0.3, 0.4) is 0 Å². The Labute approximate surface area is 188 Å². The normalized spacial score (nSPS) is 23.2. The predicted molar refractivity (Wildman–Crippen MR) is 120 cm³/mol. The first-order valence-corrected chi connectivity index (χ1v) is 12.2. The number of benzene rings is 1. The molecule has 9 nitrogen and oxygen atoms in total. The summed E-state index contributed by atoms with van der Waals surface area (Å²) in [6.45, 7) is 7.11. The van der Waals surface area contributed by atoms with Crippen molar-refractivity contribution in [1.82, 2.24) is 14.9 Å². The van der Waals surface area contributed by atoms with Crippen molar-refractivity contribution >= 4 is 16.7 Å². The third-order valence-corrected chi connectivity index (χ3v) is 7.53. The minimum Gasteiger partial charge on any atom is -0.471 e. The molecule has 1 aromatic heterocycles. The Morgan fingerprint density at radius 2 is 1.97 bits per heavy atom. The monoisotopic (exact) mass is 463 g/mol. The van der Waals surface area contributed by atoms with Crippen LogP contribution in [0.15, 0.2) is 35.5 Å². The number of ether oxygens (including phenoxy) is 2. The van der Waals surface area contributed by atoms with Crippen LogP contribution in [0.25, 0.3) is 11.1 Å². The highest BCUT2D eigenvalue weighted by Crippen LogP contribution is 2.57. The molecule has 0 radical (unpaired) electrons. The van der Waals surface area contributed by atoms with Gasteiger partial charge in [0.15, 0.2) is 5.94 Å². The number of hydrogen-bond donors (Lipinski definition) is 3. The van der Waals surface area contributed by atoms with Crippen molar-refractivity contribution in [2.24, 2.45) is 11.3 Å². The molecule has 10 heteroatoms. The lowest BCUT2D eigenvalue weighted by Gasteiger charge is -2.44. The summed E-state index contributed by atoms with van der Waals surface area (Å²) in [7, 11) is -2.86. The Morgan fingerprint density at radius 1 is 1.25 bits per heavy atom. The SMILES string of the molecule is CC(C)(C)C1CC(COc2ncc(-c3ccc4c(c3)OCS4(O)O)cn2)CCN1C(=O)O. The van der Waals surface area contributed by atoms with E-state index in [1.165, 1.54) is 0 Å². The standard InChI is InChI=1S/C22H29N3O6S/c1-22(2,3)19-8-14(6-7-25(19)21(26)27)12-30-20-23-10-16(11-24-20)15-4-5-18-17(9-15)31-13-32(18,28)29/h4-5,9-11,14,19,28-29H,6-8,12-13H2,1-3H3,(H,26,27). The Kier molecular flexibility index (Phi) is 5.95. The zero-order chi connectivity index (χ0) is 23.1. The van der Waals surface area contributed by atoms with Crippen LogP contribution < -0.4 is 9.47 Å². The van der Waals surface area contributed by atoms with Crippen LogP contribution in [0.1, 0.15) is 33.6 Å². The maximum atomic E-state index is 11.6. The molecule has 3 N–H and O–H groups in total. The summed E-state index contributed by atoms with van der Waals surface area (Å²) < 4.78 is 31.1. The molecule has 2 unspecified atom stereocenters. The first kappa shape index (κ1) is 22.6. The van der Waals surface area contributed by atoms with Crippen LogP contribution >= 0.6 is 10.6 Å². The molecule has 1 amide bonds. The van der Waals surface area contributed by atoms with Crippen molar-refractivity contribution < 1.29 is 28.5 Å². The van der Waals surface area contributed by atoms with Gasteiger partial charge in [-0.1, -0.05) is 26.8 Å². The summed E-state index contributed by atoms with van der Waals surface area (Å²) in [4.78, 5) is 22.1. The Hall–Kier alpha value is -2.56. The molecule has 3 heterocycles. The molecule has 0 saturated carbocycles. The van der Waals surface area contributed by atoms with Gasteiger partial charge < -0.3 is 19.5 Å². The number of amides is 1. The predicted octanol–water partition coefficient (Wildman–Crippen LogP) is 4.79. The molecule has 2 atom stereocenters. The van der Waals surface area contributed by atoms with Gasteiger partial charge in [0.2, 0.25) is 0 Å². The summed E-state index contributed by atoms with van der Waals surface area (Å²) in [5.41, 5.74) is 1.42. The van der Waals surface area contributed by atoms with Crippen molar-refractivity contribution in [1.29, 1.82) is 0 Å². The second kappa shape index (κ2) is 8.42. The number of likely N-dealkylation sites (tertiary alicyclic amines) is 1. The third-order valence-electron chi connectivity index (χ3n) is 6.04. The number of nitrogens with zero attached hydrogens (tertiary/aromatic N) is 3. The van der Waals surface area contributed by atoms with Gasteiger partial charge in [-0.2, -0.15) is 0 Å². The lowest BCUT2D eigenvalue weighted by molar-refractivity contribution is 0.0293. The van der Waals surface area contributed by atoms with Crippen LogP contribution in [0.5, 0.6) is 11.8 Å². The first-order valence-electron chi connectivity index (χ1n) is 10.5. The van der Waals surface area contributed by atoms with Gasteiger partial charge in [-0.3, -0.25) is 9.11 Å². The minimum atomic E-state index is -2.86. The lowest BCUT2D eigenvalue weighted by atomic mass is 9.77. The summed E-state index contributed by atoms with van der Waals surface area (Å²) in [5.74, 6) is 0.576. The van der Waals surface area contributed by atoms with Crippen LogP contribution in [0.2, 0.25) is 0 Å². The second-order valence-corrected chi connectivity index (χ2v) is 11.4. The van der Waals surface area contributed by atoms with E-state index in [4.69, 9.17) is 9.47 Å². The van der Waals surface area contributed by atoms with E-state index in [1.54, 1.807) is 35.5 Å². The molecule has 0 aliphatic carbocycles. The maximum Gasteiger partial charge on any atom is 0.407 e. The molecule has 4 rings (SSSR count). The van der Waals surface area contributed by atoms with E-state index in [-0.39, 0.29) is 29.3 Å². The second-order valence-electron chi connectivity index (χ2n) is 9.40. The van der Waals surface area contributed by atoms with E-state index in [1.807, 2.05) is 0 Å². The van der Waals surface area contributed by atoms with Gasteiger partial charge in [0, 0.05) is 30.5 Å². The molecule has 32 heavy (non-hydrogen) atoms. The minimum absolute atomic E-state index is 0.0638. The van der Waals surface area contributed by atoms with E-state index in [0.29, 0.717) is 23.8 Å². The Bertz CT molecular complexity index is 992. The van der Waals surface area contributed by atoms with Gasteiger partial charge >= 0.3 is 12.1 Å². The van der Waals surface area contributed by atoms with E-state index in [9.17, 15) is 19.0 Å². The number of rotatable bonds is 4. The number of carbonyl (C=O) groups is 1. The molecule has 2 aliphatic heterocycles. The van der Waals surface area contributed by atoms with Gasteiger partial charge in [-0.15, -0.1) is 10.6 Å². The summed E-state index contributed by atoms with van der Waals surface area (Å²) in [6, 6.07) is 5.40. The quantitative estimate of drug-likeness (QED) is 0.591. The molecular weight excluding hydrogens is 434 g/mol. The van der Waals surface area contributed by atoms with Crippen LogP contribution in [0, 0.1) is 11.3 Å². The Balaban J connectivity index is 1.38. The van der Waals surface area contributed by atoms with Crippen molar-refractivity contribution in [3.05, 3.63) is 30.6 Å². The summed E-state index contributed by atoms with van der Waals surface area (Å²) >= 11 is 0. The number of fused-ring (bicyclic) bond motifs is 1. The maximum absolute atomic E-state index is 11.6. The fourth-order valence-electron chi connectivity index (χ4n) is 4.25. The highest BCUT2D eigenvalue weighted by molar-refractivity contribution is 8.24. The molecule has 2 aliphatic rings. The first-order chi connectivity index (χ1) is 15.0. The fourth-order valence-corrected chi connectivity index (χ4v) is 5.40. The number of carboxylic acid groups (broad SMARTS) is 1. The van der Waals surface area contributed by atoms with Crippen molar-refractivity contribution in [3.8, 4) is 22.9 Å². The average Bonchev–Trinajstić information content (AvgIpc) is 3.06. The smallest absolute Gasteiger partial charge is 0.407 e. The van der Waals surface area contributed by atoms with Crippen molar-refractivity contribution in [2.75, 3.05) is 19.1 Å². The van der Waals surface area contributed by atoms with E-state index < -0.39 is 16.7 Å². The van der Waals surface area contributed by atoms with Crippen LogP contribution in [0.4, 0.5) is 4.79 Å². The van der Waals surface area contributed by atoms with Crippen molar-refractivity contribution in [3.63, 3.8) is 0 Å². The lowest BCUT2D eigenvalue weighted by Crippen LogP contribution is -2.52. The van der Waals surface area contributed by atoms with Crippen LogP contribution in [-0.2, 0) is 0 Å². The molecule has 1 aromatic carbocycles. The van der Waals surface area contributed by atoms with E-state index in [2.05, 4.69) is 30.7 Å². The molecule has 0 bridgehead atoms. The summed E-state index contributed by atoms with van der Waals surface area (Å²) in [6.07, 6.45) is 3.92. The molecule has 174 valence electrons. The molecule has 1 fully saturated rings. The van der Waals surface area contributed by atoms with Crippen molar-refractivity contribution in [2.45, 2.75) is 44.6 Å². The molecule has 0 spiro atoms. The van der Waals surface area contributed by atoms with E-state index in [0.717, 1.165) is 24.0 Å².